The number of fused-ring (bicyclic) bond motifs is 1. The fourth-order valence-electron chi connectivity index (χ4n) is 1.82. The second kappa shape index (κ2) is 4.57. The van der Waals surface area contributed by atoms with Gasteiger partial charge >= 0.3 is 6.18 Å². The molecule has 2 aliphatic rings. The smallest absolute Gasteiger partial charge is 0.418 e. The van der Waals surface area contributed by atoms with Crippen LogP contribution in [0.25, 0.3) is 0 Å². The van der Waals surface area contributed by atoms with E-state index in [0.717, 1.165) is 0 Å². The monoisotopic (exact) mass is 276 g/mol. The summed E-state index contributed by atoms with van der Waals surface area (Å²) in [6.45, 7) is 0.399. The van der Waals surface area contributed by atoms with Crippen molar-refractivity contribution in [2.75, 3.05) is 20.0 Å². The van der Waals surface area contributed by atoms with Crippen LogP contribution in [-0.2, 0) is 9.47 Å². The molecule has 0 spiro atoms. The Morgan fingerprint density at radius 3 is 2.68 bits per heavy atom. The second-order valence-corrected chi connectivity index (χ2v) is 4.32. The molecule has 7 heteroatoms. The van der Waals surface area contributed by atoms with Crippen LogP contribution in [0.1, 0.15) is 11.7 Å². The minimum atomic E-state index is -4.48. The van der Waals surface area contributed by atoms with Crippen molar-refractivity contribution in [2.24, 2.45) is 0 Å². The molecular weight excluding hydrogens is 265 g/mol. The van der Waals surface area contributed by atoms with E-state index in [9.17, 15) is 13.2 Å². The number of rotatable bonds is 4. The zero-order valence-electron chi connectivity index (χ0n) is 9.77. The largest absolute Gasteiger partial charge is 0.454 e. The number of halogens is 3. The van der Waals surface area contributed by atoms with Gasteiger partial charge in [-0.25, -0.2) is 0 Å². The highest BCUT2D eigenvalue weighted by Crippen LogP contribution is 2.41. The lowest BCUT2D eigenvalue weighted by Crippen LogP contribution is -2.25. The minimum absolute atomic E-state index is 0.00241. The molecule has 1 fully saturated rings. The van der Waals surface area contributed by atoms with E-state index in [2.05, 4.69) is 0 Å². The molecule has 1 saturated heterocycles. The summed E-state index contributed by atoms with van der Waals surface area (Å²) in [5, 5.41) is 0. The maximum absolute atomic E-state index is 13.0. The first-order valence-electron chi connectivity index (χ1n) is 5.73. The summed E-state index contributed by atoms with van der Waals surface area (Å²) >= 11 is 0. The predicted molar refractivity (Wildman–Crippen MR) is 57.1 cm³/mol. The summed E-state index contributed by atoms with van der Waals surface area (Å²) in [7, 11) is 0. The first kappa shape index (κ1) is 12.6. The van der Waals surface area contributed by atoms with Crippen molar-refractivity contribution in [1.82, 2.24) is 0 Å². The highest BCUT2D eigenvalue weighted by Gasteiger charge is 2.43. The van der Waals surface area contributed by atoms with Crippen LogP contribution in [0.5, 0.6) is 11.5 Å². The average Bonchev–Trinajstić information content (AvgIpc) is 3.04. The molecule has 0 aromatic heterocycles. The Labute approximate surface area is 107 Å². The van der Waals surface area contributed by atoms with Crippen LogP contribution in [0.4, 0.5) is 13.2 Å². The summed E-state index contributed by atoms with van der Waals surface area (Å²) < 4.78 is 58.9. The molecule has 19 heavy (non-hydrogen) atoms. The Balaban J connectivity index is 1.81. The first-order chi connectivity index (χ1) is 9.04. The van der Waals surface area contributed by atoms with Crippen LogP contribution in [0.3, 0.4) is 0 Å². The van der Waals surface area contributed by atoms with Crippen molar-refractivity contribution < 1.29 is 32.1 Å². The fraction of sp³-hybridized carbons (Fsp3) is 0.500. The molecule has 2 aliphatic heterocycles. The van der Waals surface area contributed by atoms with E-state index >= 15 is 0 Å². The van der Waals surface area contributed by atoms with Crippen LogP contribution >= 0.6 is 0 Å². The van der Waals surface area contributed by atoms with Gasteiger partial charge in [0.1, 0.15) is 6.10 Å². The summed E-state index contributed by atoms with van der Waals surface area (Å²) in [4.78, 5) is 0. The molecule has 0 amide bonds. The van der Waals surface area contributed by atoms with Gasteiger partial charge in [-0.3, -0.25) is 0 Å². The van der Waals surface area contributed by atoms with E-state index in [1.807, 2.05) is 0 Å². The van der Waals surface area contributed by atoms with Crippen LogP contribution in [0, 0.1) is 0 Å². The van der Waals surface area contributed by atoms with Crippen molar-refractivity contribution in [1.29, 1.82) is 0 Å². The van der Waals surface area contributed by atoms with Crippen LogP contribution < -0.4 is 9.47 Å². The maximum atomic E-state index is 13.0. The lowest BCUT2D eigenvalue weighted by atomic mass is 10.1. The Morgan fingerprint density at radius 1 is 1.26 bits per heavy atom. The van der Waals surface area contributed by atoms with Gasteiger partial charge in [0.25, 0.3) is 0 Å². The van der Waals surface area contributed by atoms with Crippen molar-refractivity contribution in [3.05, 3.63) is 23.8 Å². The molecule has 1 aromatic rings. The zero-order valence-corrected chi connectivity index (χ0v) is 9.77. The van der Waals surface area contributed by atoms with Gasteiger partial charge in [-0.05, 0) is 17.7 Å². The summed E-state index contributed by atoms with van der Waals surface area (Å²) in [6.07, 6.45) is -6.69. The third-order valence-corrected chi connectivity index (χ3v) is 2.85. The van der Waals surface area contributed by atoms with Crippen LogP contribution in [0.15, 0.2) is 18.2 Å². The molecule has 0 radical (unpaired) electrons. The third-order valence-electron chi connectivity index (χ3n) is 2.85. The first-order valence-corrected chi connectivity index (χ1v) is 5.73. The van der Waals surface area contributed by atoms with Crippen LogP contribution in [-0.4, -0.2) is 32.3 Å². The summed E-state index contributed by atoms with van der Waals surface area (Å²) in [6, 6.07) is 4.08. The number of alkyl halides is 3. The van der Waals surface area contributed by atoms with Gasteiger partial charge in [0, 0.05) is 0 Å². The molecule has 0 saturated carbocycles. The van der Waals surface area contributed by atoms with E-state index in [1.54, 1.807) is 0 Å². The molecule has 2 heterocycles. The molecule has 2 atom stereocenters. The molecule has 4 nitrogen and oxygen atoms in total. The molecular formula is C12H11F3O4. The lowest BCUT2D eigenvalue weighted by Gasteiger charge is -2.21. The third kappa shape index (κ3) is 2.76. The Kier molecular flexibility index (Phi) is 3.02. The number of benzene rings is 1. The second-order valence-electron chi connectivity index (χ2n) is 4.32. The normalized spacial score (nSPS) is 22.4. The van der Waals surface area contributed by atoms with Gasteiger partial charge in [-0.1, -0.05) is 6.07 Å². The van der Waals surface area contributed by atoms with E-state index in [0.29, 0.717) is 18.1 Å². The molecule has 0 bridgehead atoms. The van der Waals surface area contributed by atoms with Gasteiger partial charge < -0.3 is 18.9 Å². The lowest BCUT2D eigenvalue weighted by molar-refractivity contribution is -0.224. The number of hydrogen-bond donors (Lipinski definition) is 0. The Hall–Kier alpha value is -1.47. The van der Waals surface area contributed by atoms with Crippen molar-refractivity contribution in [2.45, 2.75) is 18.4 Å². The quantitative estimate of drug-likeness (QED) is 0.792. The number of ether oxygens (including phenoxy) is 4. The van der Waals surface area contributed by atoms with Crippen molar-refractivity contribution in [3.8, 4) is 11.5 Å². The molecule has 0 unspecified atom stereocenters. The molecule has 104 valence electrons. The minimum Gasteiger partial charge on any atom is -0.454 e. The average molecular weight is 276 g/mol. The van der Waals surface area contributed by atoms with Gasteiger partial charge in [-0.2, -0.15) is 13.2 Å². The zero-order chi connectivity index (χ0) is 13.5. The standard InChI is InChI=1S/C12H11F3O4/c13-12(14,15)11(17-5-8-4-16-8)7-1-2-9-10(3-7)19-6-18-9/h1-3,8,11H,4-6H2/t8-,11-/m0/s1. The summed E-state index contributed by atoms with van der Waals surface area (Å²) in [5.74, 6) is 0.744. The van der Waals surface area contributed by atoms with Gasteiger partial charge in [-0.15, -0.1) is 0 Å². The van der Waals surface area contributed by atoms with Crippen molar-refractivity contribution in [3.63, 3.8) is 0 Å². The highest BCUT2D eigenvalue weighted by molar-refractivity contribution is 5.45. The Bertz CT molecular complexity index is 471. The number of epoxide rings is 1. The van der Waals surface area contributed by atoms with Crippen molar-refractivity contribution >= 4 is 0 Å². The highest BCUT2D eigenvalue weighted by atomic mass is 19.4. The Morgan fingerprint density at radius 2 is 2.00 bits per heavy atom. The molecule has 3 rings (SSSR count). The maximum Gasteiger partial charge on any atom is 0.418 e. The van der Waals surface area contributed by atoms with Gasteiger partial charge in [0.15, 0.2) is 17.6 Å². The fourth-order valence-corrected chi connectivity index (χ4v) is 1.82. The molecule has 0 N–H and O–H groups in total. The predicted octanol–water partition coefficient (Wildman–Crippen LogP) is 2.43. The molecule has 0 aliphatic carbocycles. The molecule has 1 aromatic carbocycles. The SMILES string of the molecule is FC(F)(F)[C@@H](OC[C@@H]1CO1)c1ccc2c(c1)OCO2. The van der Waals surface area contributed by atoms with Crippen LogP contribution in [0.2, 0.25) is 0 Å². The van der Waals surface area contributed by atoms with E-state index < -0.39 is 12.3 Å². The van der Waals surface area contributed by atoms with E-state index in [-0.39, 0.29) is 25.1 Å². The topological polar surface area (TPSA) is 40.2 Å². The van der Waals surface area contributed by atoms with Gasteiger partial charge in [0.2, 0.25) is 6.79 Å². The van der Waals surface area contributed by atoms with E-state index in [1.165, 1.54) is 18.2 Å². The van der Waals surface area contributed by atoms with E-state index in [4.69, 9.17) is 18.9 Å². The summed E-state index contributed by atoms with van der Waals surface area (Å²) in [5.41, 5.74) is -0.00241. The number of hydrogen-bond acceptors (Lipinski definition) is 4. The van der Waals surface area contributed by atoms with Gasteiger partial charge in [0.05, 0.1) is 13.2 Å².